The molecule has 1 saturated heterocycles. The topological polar surface area (TPSA) is 159 Å². The lowest BCUT2D eigenvalue weighted by Gasteiger charge is -2.14. The number of carbonyl (C=O) groups is 3. The van der Waals surface area contributed by atoms with Crippen LogP contribution in [0, 0.1) is 20.2 Å². The summed E-state index contributed by atoms with van der Waals surface area (Å²) >= 11 is 0.623. The van der Waals surface area contributed by atoms with Gasteiger partial charge in [-0.15, -0.1) is 0 Å². The van der Waals surface area contributed by atoms with Crippen LogP contribution in [0.2, 0.25) is 0 Å². The molecule has 0 aliphatic carbocycles. The fourth-order valence-electron chi connectivity index (χ4n) is 2.91. The number of ether oxygens (including phenoxy) is 2. The highest BCUT2D eigenvalue weighted by Crippen LogP contribution is 2.38. The van der Waals surface area contributed by atoms with E-state index >= 15 is 0 Å². The fraction of sp³-hybridized carbons (Fsp3) is 0.227. The van der Waals surface area contributed by atoms with Crippen molar-refractivity contribution in [1.29, 1.82) is 0 Å². The average Bonchev–Trinajstić information content (AvgIpc) is 3.07. The second-order valence-electron chi connectivity index (χ2n) is 7.28. The summed E-state index contributed by atoms with van der Waals surface area (Å²) in [5.41, 5.74) is -0.778. The zero-order valence-electron chi connectivity index (χ0n) is 18.5. The highest BCUT2D eigenvalue weighted by Gasteiger charge is 2.37. The SMILES string of the molecule is CC[C@@H](C)OC(=O)CN1C(=O)S/C(=C/c2ccccc2Oc2ccc([N+](=O)[O-])cc2[N+](=O)[O-])C1=O. The Morgan fingerprint density at radius 3 is 2.49 bits per heavy atom. The Hall–Kier alpha value is -4.26. The first kappa shape index (κ1) is 25.4. The van der Waals surface area contributed by atoms with Crippen LogP contribution in [0.1, 0.15) is 25.8 Å². The van der Waals surface area contributed by atoms with Gasteiger partial charge in [-0.3, -0.25) is 39.5 Å². The summed E-state index contributed by atoms with van der Waals surface area (Å²) in [7, 11) is 0. The number of non-ortho nitro benzene ring substituents is 1. The van der Waals surface area contributed by atoms with Crippen LogP contribution in [-0.4, -0.2) is 44.5 Å². The molecule has 35 heavy (non-hydrogen) atoms. The molecule has 0 unspecified atom stereocenters. The van der Waals surface area contributed by atoms with Gasteiger partial charge in [0.25, 0.3) is 16.8 Å². The maximum Gasteiger partial charge on any atom is 0.326 e. The molecule has 0 radical (unpaired) electrons. The van der Waals surface area contributed by atoms with Crippen molar-refractivity contribution >= 4 is 46.3 Å². The average molecular weight is 501 g/mol. The summed E-state index contributed by atoms with van der Waals surface area (Å²) in [5.74, 6) is -1.55. The van der Waals surface area contributed by atoms with E-state index in [2.05, 4.69) is 0 Å². The smallest absolute Gasteiger partial charge is 0.326 e. The van der Waals surface area contributed by atoms with Crippen LogP contribution < -0.4 is 4.74 Å². The molecule has 12 nitrogen and oxygen atoms in total. The molecule has 1 heterocycles. The third-order valence-electron chi connectivity index (χ3n) is 4.84. The number of thioether (sulfide) groups is 1. The van der Waals surface area contributed by atoms with E-state index in [4.69, 9.17) is 9.47 Å². The van der Waals surface area contributed by atoms with Crippen LogP contribution in [0.3, 0.4) is 0 Å². The van der Waals surface area contributed by atoms with Crippen molar-refractivity contribution in [3.63, 3.8) is 0 Å². The summed E-state index contributed by atoms with van der Waals surface area (Å²) in [6.45, 7) is 2.99. The number of esters is 1. The van der Waals surface area contributed by atoms with Crippen LogP contribution in [0.25, 0.3) is 6.08 Å². The molecule has 1 aliphatic rings. The third kappa shape index (κ3) is 6.00. The highest BCUT2D eigenvalue weighted by molar-refractivity contribution is 8.18. The zero-order valence-corrected chi connectivity index (χ0v) is 19.4. The number of hydrogen-bond donors (Lipinski definition) is 0. The van der Waals surface area contributed by atoms with E-state index in [1.165, 1.54) is 12.1 Å². The fourth-order valence-corrected chi connectivity index (χ4v) is 3.74. The zero-order chi connectivity index (χ0) is 25.7. The van der Waals surface area contributed by atoms with Gasteiger partial charge < -0.3 is 9.47 Å². The van der Waals surface area contributed by atoms with Gasteiger partial charge in [0.1, 0.15) is 12.3 Å². The maximum atomic E-state index is 12.7. The van der Waals surface area contributed by atoms with E-state index in [-0.39, 0.29) is 22.5 Å². The first-order chi connectivity index (χ1) is 16.6. The van der Waals surface area contributed by atoms with Gasteiger partial charge in [0.15, 0.2) is 0 Å². The Morgan fingerprint density at radius 1 is 1.11 bits per heavy atom. The number of para-hydroxylation sites is 1. The molecule has 1 aliphatic heterocycles. The number of rotatable bonds is 9. The van der Waals surface area contributed by atoms with Crippen LogP contribution >= 0.6 is 11.8 Å². The number of imide groups is 1. The van der Waals surface area contributed by atoms with Crippen molar-refractivity contribution in [2.24, 2.45) is 0 Å². The van der Waals surface area contributed by atoms with Crippen LogP contribution in [0.15, 0.2) is 47.4 Å². The Balaban J connectivity index is 1.86. The lowest BCUT2D eigenvalue weighted by molar-refractivity contribution is -0.394. The first-order valence-corrected chi connectivity index (χ1v) is 11.1. The molecule has 0 N–H and O–H groups in total. The molecule has 2 amide bonds. The van der Waals surface area contributed by atoms with Crippen molar-refractivity contribution in [3.8, 4) is 11.5 Å². The Bertz CT molecular complexity index is 1240. The van der Waals surface area contributed by atoms with Gasteiger partial charge in [0, 0.05) is 11.6 Å². The molecule has 3 rings (SSSR count). The summed E-state index contributed by atoms with van der Waals surface area (Å²) in [6, 6.07) is 9.18. The monoisotopic (exact) mass is 501 g/mol. The normalized spacial score (nSPS) is 15.3. The minimum absolute atomic E-state index is 0.0144. The van der Waals surface area contributed by atoms with Crippen LogP contribution in [0.5, 0.6) is 11.5 Å². The van der Waals surface area contributed by atoms with Crippen molar-refractivity contribution in [2.75, 3.05) is 6.54 Å². The molecule has 1 atom stereocenters. The van der Waals surface area contributed by atoms with Gasteiger partial charge in [-0.2, -0.15) is 0 Å². The van der Waals surface area contributed by atoms with Gasteiger partial charge in [-0.05, 0) is 43.3 Å². The number of nitrogens with zero attached hydrogens (tertiary/aromatic N) is 3. The molecule has 0 spiro atoms. The summed E-state index contributed by atoms with van der Waals surface area (Å²) in [5, 5.41) is 21.7. The van der Waals surface area contributed by atoms with Crippen molar-refractivity contribution in [2.45, 2.75) is 26.4 Å². The molecule has 1 fully saturated rings. The number of benzene rings is 2. The second kappa shape index (κ2) is 10.8. The first-order valence-electron chi connectivity index (χ1n) is 10.2. The van der Waals surface area contributed by atoms with E-state index in [0.29, 0.717) is 23.7 Å². The van der Waals surface area contributed by atoms with E-state index in [9.17, 15) is 34.6 Å². The summed E-state index contributed by atoms with van der Waals surface area (Å²) in [4.78, 5) is 58.6. The van der Waals surface area contributed by atoms with E-state index < -0.39 is 44.9 Å². The Morgan fingerprint density at radius 2 is 1.83 bits per heavy atom. The quantitative estimate of drug-likeness (QED) is 0.204. The molecule has 2 aromatic rings. The van der Waals surface area contributed by atoms with E-state index in [1.54, 1.807) is 25.1 Å². The molecule has 0 aromatic heterocycles. The lowest BCUT2D eigenvalue weighted by Crippen LogP contribution is -2.35. The van der Waals surface area contributed by atoms with Crippen molar-refractivity contribution in [1.82, 2.24) is 4.90 Å². The number of nitro groups is 2. The number of nitro benzene ring substituents is 2. The van der Waals surface area contributed by atoms with Gasteiger partial charge >= 0.3 is 11.7 Å². The summed E-state index contributed by atoms with van der Waals surface area (Å²) in [6.07, 6.45) is 1.58. The maximum absolute atomic E-state index is 12.7. The van der Waals surface area contributed by atoms with Gasteiger partial charge in [-0.25, -0.2) is 0 Å². The predicted molar refractivity (Wildman–Crippen MR) is 125 cm³/mol. The Labute approximate surface area is 202 Å². The van der Waals surface area contributed by atoms with Crippen LogP contribution in [-0.2, 0) is 14.3 Å². The number of hydrogen-bond acceptors (Lipinski definition) is 10. The largest absolute Gasteiger partial charge is 0.461 e. The number of amides is 2. The Kier molecular flexibility index (Phi) is 7.81. The molecule has 0 saturated carbocycles. The van der Waals surface area contributed by atoms with E-state index in [0.717, 1.165) is 23.1 Å². The minimum Gasteiger partial charge on any atom is -0.461 e. The molecule has 182 valence electrons. The molecule has 2 aromatic carbocycles. The lowest BCUT2D eigenvalue weighted by atomic mass is 10.1. The van der Waals surface area contributed by atoms with Crippen LogP contribution in [0.4, 0.5) is 16.2 Å². The van der Waals surface area contributed by atoms with Crippen molar-refractivity contribution in [3.05, 3.63) is 73.2 Å². The molecular formula is C22H19N3O9S. The third-order valence-corrected chi connectivity index (χ3v) is 5.75. The van der Waals surface area contributed by atoms with Gasteiger partial charge in [-0.1, -0.05) is 25.1 Å². The molecular weight excluding hydrogens is 482 g/mol. The summed E-state index contributed by atoms with van der Waals surface area (Å²) < 4.78 is 10.8. The van der Waals surface area contributed by atoms with Gasteiger partial charge in [0.05, 0.1) is 26.9 Å². The van der Waals surface area contributed by atoms with E-state index in [1.807, 2.05) is 6.92 Å². The minimum atomic E-state index is -0.811. The van der Waals surface area contributed by atoms with Gasteiger partial charge in [0.2, 0.25) is 5.75 Å². The van der Waals surface area contributed by atoms with Crippen molar-refractivity contribution < 1.29 is 33.7 Å². The standard InChI is InChI=1S/C22H19N3O9S/c1-3-13(2)33-20(26)12-23-21(27)19(35-22(23)28)10-14-6-4-5-7-17(14)34-18-9-8-15(24(29)30)11-16(18)25(31)32/h4-11,13H,3,12H2,1-2H3/b19-10+/t13-/m1/s1. The molecule has 0 bridgehead atoms. The highest BCUT2D eigenvalue weighted by atomic mass is 32.2. The number of carbonyl (C=O) groups excluding carboxylic acids is 3. The predicted octanol–water partition coefficient (Wildman–Crippen LogP) is 4.67. The molecule has 13 heteroatoms. The second-order valence-corrected chi connectivity index (χ2v) is 8.28.